The van der Waals surface area contributed by atoms with Crippen molar-refractivity contribution in [2.45, 2.75) is 18.9 Å². The van der Waals surface area contributed by atoms with Gasteiger partial charge < -0.3 is 5.11 Å². The lowest BCUT2D eigenvalue weighted by atomic mass is 10.0. The Labute approximate surface area is 108 Å². The van der Waals surface area contributed by atoms with E-state index in [2.05, 4.69) is 33.4 Å². The van der Waals surface area contributed by atoms with E-state index < -0.39 is 0 Å². The minimum Gasteiger partial charge on any atom is -0.392 e. The third-order valence-electron chi connectivity index (χ3n) is 2.41. The molecule has 1 atom stereocenters. The van der Waals surface area contributed by atoms with E-state index >= 15 is 0 Å². The standard InChI is InChI=1S/C13H13BrOS/c14-12-3-1-2-10(6-12)7-13(15)8-11-4-5-16-9-11/h1-6,9,13,15H,7-8H2. The fourth-order valence-corrected chi connectivity index (χ4v) is 2.82. The first-order valence-corrected chi connectivity index (χ1v) is 6.91. The summed E-state index contributed by atoms with van der Waals surface area (Å²) in [6, 6.07) is 10.2. The quantitative estimate of drug-likeness (QED) is 0.913. The molecule has 1 nitrogen and oxygen atoms in total. The van der Waals surface area contributed by atoms with Crippen LogP contribution in [0.1, 0.15) is 11.1 Å². The summed E-state index contributed by atoms with van der Waals surface area (Å²) >= 11 is 5.10. The lowest BCUT2D eigenvalue weighted by Gasteiger charge is -2.09. The lowest BCUT2D eigenvalue weighted by molar-refractivity contribution is 0.175. The molecule has 0 aliphatic rings. The number of halogens is 1. The monoisotopic (exact) mass is 296 g/mol. The van der Waals surface area contributed by atoms with Gasteiger partial charge in [0.05, 0.1) is 6.10 Å². The van der Waals surface area contributed by atoms with Crippen molar-refractivity contribution < 1.29 is 5.11 Å². The summed E-state index contributed by atoms with van der Waals surface area (Å²) in [5.41, 5.74) is 2.38. The first-order chi connectivity index (χ1) is 7.74. The Kier molecular flexibility index (Phi) is 4.16. The summed E-state index contributed by atoms with van der Waals surface area (Å²) in [5, 5.41) is 14.1. The van der Waals surface area contributed by atoms with E-state index in [1.165, 1.54) is 5.56 Å². The van der Waals surface area contributed by atoms with Crippen molar-refractivity contribution in [3.63, 3.8) is 0 Å². The van der Waals surface area contributed by atoms with Gasteiger partial charge in [-0.2, -0.15) is 11.3 Å². The number of aliphatic hydroxyl groups is 1. The third-order valence-corrected chi connectivity index (χ3v) is 3.64. The minimum atomic E-state index is -0.302. The molecule has 1 aromatic heterocycles. The molecule has 0 aliphatic heterocycles. The molecule has 16 heavy (non-hydrogen) atoms. The Hall–Kier alpha value is -0.640. The molecule has 0 amide bonds. The normalized spacial score (nSPS) is 12.6. The molecule has 1 N–H and O–H groups in total. The van der Waals surface area contributed by atoms with Crippen molar-refractivity contribution in [1.82, 2.24) is 0 Å². The van der Waals surface area contributed by atoms with E-state index in [-0.39, 0.29) is 6.10 Å². The molecule has 0 saturated carbocycles. The zero-order chi connectivity index (χ0) is 11.4. The molecule has 0 aliphatic carbocycles. The van der Waals surface area contributed by atoms with Crippen molar-refractivity contribution in [1.29, 1.82) is 0 Å². The average molecular weight is 297 g/mol. The van der Waals surface area contributed by atoms with Crippen LogP contribution in [0.5, 0.6) is 0 Å². The second-order valence-corrected chi connectivity index (χ2v) is 5.52. The predicted molar refractivity (Wildman–Crippen MR) is 71.9 cm³/mol. The van der Waals surface area contributed by atoms with Crippen LogP contribution >= 0.6 is 27.3 Å². The molecular formula is C13H13BrOS. The van der Waals surface area contributed by atoms with E-state index in [1.54, 1.807) is 11.3 Å². The van der Waals surface area contributed by atoms with Gasteiger partial charge in [-0.15, -0.1) is 0 Å². The minimum absolute atomic E-state index is 0.302. The molecule has 0 spiro atoms. The van der Waals surface area contributed by atoms with Gasteiger partial charge in [-0.1, -0.05) is 28.1 Å². The third kappa shape index (κ3) is 3.44. The average Bonchev–Trinajstić information content (AvgIpc) is 2.70. The summed E-state index contributed by atoms with van der Waals surface area (Å²) in [5.74, 6) is 0. The topological polar surface area (TPSA) is 20.2 Å². The lowest BCUT2D eigenvalue weighted by Crippen LogP contribution is -2.13. The van der Waals surface area contributed by atoms with Crippen LogP contribution in [-0.4, -0.2) is 11.2 Å². The second kappa shape index (κ2) is 5.62. The van der Waals surface area contributed by atoms with Gasteiger partial charge >= 0.3 is 0 Å². The SMILES string of the molecule is OC(Cc1ccsc1)Cc1cccc(Br)c1. The predicted octanol–water partition coefficient (Wildman–Crippen LogP) is 3.66. The van der Waals surface area contributed by atoms with Crippen LogP contribution in [0.2, 0.25) is 0 Å². The summed E-state index contributed by atoms with van der Waals surface area (Å²) in [7, 11) is 0. The molecule has 3 heteroatoms. The molecular weight excluding hydrogens is 284 g/mol. The van der Waals surface area contributed by atoms with Gasteiger partial charge in [0, 0.05) is 4.47 Å². The number of rotatable bonds is 4. The summed E-state index contributed by atoms with van der Waals surface area (Å²) in [4.78, 5) is 0. The van der Waals surface area contributed by atoms with Crippen LogP contribution in [0.25, 0.3) is 0 Å². The maximum absolute atomic E-state index is 9.95. The molecule has 84 valence electrons. The van der Waals surface area contributed by atoms with Gasteiger partial charge in [0.2, 0.25) is 0 Å². The van der Waals surface area contributed by atoms with Crippen LogP contribution in [-0.2, 0) is 12.8 Å². The van der Waals surface area contributed by atoms with E-state index in [0.29, 0.717) is 6.42 Å². The smallest absolute Gasteiger partial charge is 0.0621 e. The van der Waals surface area contributed by atoms with Crippen LogP contribution in [0, 0.1) is 0 Å². The number of aliphatic hydroxyl groups excluding tert-OH is 1. The van der Waals surface area contributed by atoms with E-state index in [9.17, 15) is 5.11 Å². The Balaban J connectivity index is 1.94. The highest BCUT2D eigenvalue weighted by Gasteiger charge is 2.07. The Bertz CT molecular complexity index is 439. The molecule has 1 heterocycles. The van der Waals surface area contributed by atoms with Crippen LogP contribution in [0.3, 0.4) is 0 Å². The van der Waals surface area contributed by atoms with E-state index in [1.807, 2.05) is 23.6 Å². The maximum atomic E-state index is 9.95. The number of hydrogen-bond acceptors (Lipinski definition) is 2. The summed E-state index contributed by atoms with van der Waals surface area (Å²) < 4.78 is 1.06. The molecule has 0 fully saturated rings. The van der Waals surface area contributed by atoms with Crippen molar-refractivity contribution >= 4 is 27.3 Å². The Morgan fingerprint density at radius 2 is 2.00 bits per heavy atom. The largest absolute Gasteiger partial charge is 0.392 e. The summed E-state index contributed by atoms with van der Waals surface area (Å²) in [6.45, 7) is 0. The maximum Gasteiger partial charge on any atom is 0.0621 e. The van der Waals surface area contributed by atoms with Crippen molar-refractivity contribution in [3.8, 4) is 0 Å². The second-order valence-electron chi connectivity index (χ2n) is 3.82. The zero-order valence-corrected chi connectivity index (χ0v) is 11.2. The number of benzene rings is 1. The molecule has 0 bridgehead atoms. The molecule has 1 aromatic carbocycles. The van der Waals surface area contributed by atoms with E-state index in [0.717, 1.165) is 16.5 Å². The molecule has 2 aromatic rings. The van der Waals surface area contributed by atoms with Gasteiger partial charge in [0.25, 0.3) is 0 Å². The van der Waals surface area contributed by atoms with Crippen molar-refractivity contribution in [3.05, 3.63) is 56.7 Å². The van der Waals surface area contributed by atoms with Crippen molar-refractivity contribution in [2.24, 2.45) is 0 Å². The first-order valence-electron chi connectivity index (χ1n) is 5.17. The number of hydrogen-bond donors (Lipinski definition) is 1. The Morgan fingerprint density at radius 1 is 1.19 bits per heavy atom. The highest BCUT2D eigenvalue weighted by Crippen LogP contribution is 2.15. The molecule has 2 rings (SSSR count). The fourth-order valence-electron chi connectivity index (χ4n) is 1.69. The molecule has 0 radical (unpaired) electrons. The van der Waals surface area contributed by atoms with Crippen LogP contribution in [0.15, 0.2) is 45.6 Å². The van der Waals surface area contributed by atoms with Gasteiger partial charge in [0.1, 0.15) is 0 Å². The first kappa shape index (κ1) is 11.8. The van der Waals surface area contributed by atoms with E-state index in [4.69, 9.17) is 0 Å². The van der Waals surface area contributed by atoms with Crippen LogP contribution < -0.4 is 0 Å². The van der Waals surface area contributed by atoms with Crippen LogP contribution in [0.4, 0.5) is 0 Å². The highest BCUT2D eigenvalue weighted by atomic mass is 79.9. The fraction of sp³-hybridized carbons (Fsp3) is 0.231. The number of thiophene rings is 1. The molecule has 0 saturated heterocycles. The van der Waals surface area contributed by atoms with Crippen molar-refractivity contribution in [2.75, 3.05) is 0 Å². The van der Waals surface area contributed by atoms with Gasteiger partial charge in [-0.05, 0) is 52.9 Å². The Morgan fingerprint density at radius 3 is 2.69 bits per heavy atom. The summed E-state index contributed by atoms with van der Waals surface area (Å²) in [6.07, 6.45) is 1.13. The van der Waals surface area contributed by atoms with Gasteiger partial charge in [0.15, 0.2) is 0 Å². The van der Waals surface area contributed by atoms with Gasteiger partial charge in [-0.25, -0.2) is 0 Å². The highest BCUT2D eigenvalue weighted by molar-refractivity contribution is 9.10. The van der Waals surface area contributed by atoms with Gasteiger partial charge in [-0.3, -0.25) is 0 Å². The zero-order valence-electron chi connectivity index (χ0n) is 8.77. The molecule has 1 unspecified atom stereocenters.